The Morgan fingerprint density at radius 2 is 2.06 bits per heavy atom. The van der Waals surface area contributed by atoms with Gasteiger partial charge in [-0.2, -0.15) is 0 Å². The molecular weight excluding hydrogens is 230 g/mol. The van der Waals surface area contributed by atoms with Crippen LogP contribution in [0.5, 0.6) is 0 Å². The lowest BCUT2D eigenvalue weighted by molar-refractivity contribution is -0.141. The number of carbonyl (C=O) groups excluding carboxylic acids is 1. The molecule has 1 unspecified atom stereocenters. The van der Waals surface area contributed by atoms with E-state index in [1.54, 1.807) is 6.92 Å². The molecule has 1 rings (SSSR count). The van der Waals surface area contributed by atoms with Gasteiger partial charge in [0.05, 0.1) is 25.1 Å². The number of benzene rings is 1. The third-order valence-corrected chi connectivity index (χ3v) is 2.55. The third-order valence-electron chi connectivity index (χ3n) is 2.55. The Kier molecular flexibility index (Phi) is 5.32. The van der Waals surface area contributed by atoms with Crippen LogP contribution in [0.3, 0.4) is 0 Å². The molecule has 0 fully saturated rings. The average molecular weight is 249 g/mol. The Hall–Kier alpha value is -1.88. The smallest absolute Gasteiger partial charge is 0.307 e. The molecule has 0 amide bonds. The van der Waals surface area contributed by atoms with Crippen LogP contribution in [0.15, 0.2) is 29.3 Å². The van der Waals surface area contributed by atoms with Crippen molar-refractivity contribution in [2.24, 2.45) is 10.7 Å². The zero-order chi connectivity index (χ0) is 13.5. The second-order valence-corrected chi connectivity index (χ2v) is 3.97. The number of aliphatic imine (C=N–C) groups is 1. The molecule has 3 N–H and O–H groups in total. The first-order chi connectivity index (χ1) is 8.56. The van der Waals surface area contributed by atoms with Gasteiger partial charge in [0, 0.05) is 6.04 Å². The quantitative estimate of drug-likeness (QED) is 0.471. The van der Waals surface area contributed by atoms with E-state index in [1.807, 2.05) is 31.3 Å². The molecule has 0 radical (unpaired) electrons. The maximum atomic E-state index is 11.3. The van der Waals surface area contributed by atoms with Crippen molar-refractivity contribution in [3.05, 3.63) is 29.8 Å². The number of amidine groups is 1. The summed E-state index contributed by atoms with van der Waals surface area (Å²) in [6.07, 6.45) is 0.297. The van der Waals surface area contributed by atoms with E-state index in [0.29, 0.717) is 12.3 Å². The Labute approximate surface area is 107 Å². The van der Waals surface area contributed by atoms with E-state index in [4.69, 9.17) is 5.73 Å². The normalized spacial score (nSPS) is 13.2. The van der Waals surface area contributed by atoms with E-state index < -0.39 is 0 Å². The predicted molar refractivity (Wildman–Crippen MR) is 71.8 cm³/mol. The number of methoxy groups -OCH3 is 1. The molecular formula is C13H19N3O2. The van der Waals surface area contributed by atoms with Crippen molar-refractivity contribution in [3.8, 4) is 0 Å². The number of nitrogens with one attached hydrogen (secondary N) is 1. The first kappa shape index (κ1) is 14.2. The molecule has 0 aliphatic heterocycles. The van der Waals surface area contributed by atoms with Crippen LogP contribution in [0.4, 0.5) is 5.69 Å². The number of nitrogens with two attached hydrogens (primary N) is 1. The molecule has 0 saturated heterocycles. The number of rotatable bonds is 5. The van der Waals surface area contributed by atoms with Gasteiger partial charge in [0.15, 0.2) is 0 Å². The predicted octanol–water partition coefficient (Wildman–Crippen LogP) is 1.52. The standard InChI is InChI=1S/C13H19N3O2/c1-9(14)16-11-6-4-10(5-7-11)12(15-2)8-13(17)18-3/h4-7,12,15H,8H2,1-3H3,(H2,14,16). The largest absolute Gasteiger partial charge is 0.469 e. The Morgan fingerprint density at radius 3 is 2.50 bits per heavy atom. The summed E-state index contributed by atoms with van der Waals surface area (Å²) in [6.45, 7) is 1.74. The van der Waals surface area contributed by atoms with Gasteiger partial charge in [-0.1, -0.05) is 12.1 Å². The second-order valence-electron chi connectivity index (χ2n) is 3.97. The topological polar surface area (TPSA) is 76.7 Å². The van der Waals surface area contributed by atoms with Crippen LogP contribution in [0.1, 0.15) is 24.9 Å². The van der Waals surface area contributed by atoms with E-state index in [9.17, 15) is 4.79 Å². The SMILES string of the molecule is CNC(CC(=O)OC)c1ccc(N=C(C)N)cc1. The molecule has 5 heteroatoms. The lowest BCUT2D eigenvalue weighted by Gasteiger charge is -2.15. The number of nitrogens with zero attached hydrogens (tertiary/aromatic N) is 1. The molecule has 5 nitrogen and oxygen atoms in total. The van der Waals surface area contributed by atoms with E-state index in [-0.39, 0.29) is 12.0 Å². The Bertz CT molecular complexity index is 422. The number of esters is 1. The zero-order valence-corrected chi connectivity index (χ0v) is 10.9. The highest BCUT2D eigenvalue weighted by molar-refractivity contribution is 5.80. The van der Waals surface area contributed by atoms with Gasteiger partial charge >= 0.3 is 5.97 Å². The fourth-order valence-electron chi connectivity index (χ4n) is 1.62. The summed E-state index contributed by atoms with van der Waals surface area (Å²) >= 11 is 0. The molecule has 1 aromatic rings. The van der Waals surface area contributed by atoms with E-state index in [2.05, 4.69) is 15.0 Å². The number of ether oxygens (including phenoxy) is 1. The van der Waals surface area contributed by atoms with Gasteiger partial charge in [-0.05, 0) is 31.7 Å². The summed E-state index contributed by atoms with van der Waals surface area (Å²) in [4.78, 5) is 15.4. The van der Waals surface area contributed by atoms with Gasteiger partial charge in [0.1, 0.15) is 0 Å². The van der Waals surface area contributed by atoms with E-state index in [1.165, 1.54) is 7.11 Å². The summed E-state index contributed by atoms with van der Waals surface area (Å²) < 4.78 is 4.66. The average Bonchev–Trinajstić information content (AvgIpc) is 2.36. The maximum absolute atomic E-state index is 11.3. The molecule has 1 atom stereocenters. The molecule has 98 valence electrons. The highest BCUT2D eigenvalue weighted by Gasteiger charge is 2.14. The van der Waals surface area contributed by atoms with Crippen LogP contribution in [-0.4, -0.2) is 26.0 Å². The van der Waals surface area contributed by atoms with Crippen LogP contribution >= 0.6 is 0 Å². The summed E-state index contributed by atoms with van der Waals surface area (Å²) in [5, 5.41) is 3.08. The van der Waals surface area contributed by atoms with Crippen LogP contribution in [-0.2, 0) is 9.53 Å². The number of hydrogen-bond acceptors (Lipinski definition) is 4. The lowest BCUT2D eigenvalue weighted by Crippen LogP contribution is -2.20. The first-order valence-electron chi connectivity index (χ1n) is 5.71. The molecule has 0 spiro atoms. The highest BCUT2D eigenvalue weighted by Crippen LogP contribution is 2.20. The molecule has 0 saturated carbocycles. The highest BCUT2D eigenvalue weighted by atomic mass is 16.5. The monoisotopic (exact) mass is 249 g/mol. The first-order valence-corrected chi connectivity index (χ1v) is 5.71. The van der Waals surface area contributed by atoms with Crippen molar-refractivity contribution in [1.82, 2.24) is 5.32 Å². The van der Waals surface area contributed by atoms with Gasteiger partial charge in [0.2, 0.25) is 0 Å². The van der Waals surface area contributed by atoms with Crippen molar-refractivity contribution < 1.29 is 9.53 Å². The second kappa shape index (κ2) is 6.76. The van der Waals surface area contributed by atoms with Crippen molar-refractivity contribution in [2.45, 2.75) is 19.4 Å². The molecule has 1 aromatic carbocycles. The van der Waals surface area contributed by atoms with Crippen LogP contribution < -0.4 is 11.1 Å². The van der Waals surface area contributed by atoms with Crippen molar-refractivity contribution in [3.63, 3.8) is 0 Å². The minimum Gasteiger partial charge on any atom is -0.469 e. The van der Waals surface area contributed by atoms with Crippen LogP contribution in [0, 0.1) is 0 Å². The van der Waals surface area contributed by atoms with Crippen LogP contribution in [0.25, 0.3) is 0 Å². The fraction of sp³-hybridized carbons (Fsp3) is 0.385. The molecule has 18 heavy (non-hydrogen) atoms. The lowest BCUT2D eigenvalue weighted by atomic mass is 10.0. The van der Waals surface area contributed by atoms with Gasteiger partial charge < -0.3 is 15.8 Å². The van der Waals surface area contributed by atoms with Crippen molar-refractivity contribution in [1.29, 1.82) is 0 Å². The fourth-order valence-corrected chi connectivity index (χ4v) is 1.62. The molecule has 0 heterocycles. The molecule has 0 aliphatic rings. The summed E-state index contributed by atoms with van der Waals surface area (Å²) in [5.41, 5.74) is 7.32. The van der Waals surface area contributed by atoms with Crippen LogP contribution in [0.2, 0.25) is 0 Å². The third kappa shape index (κ3) is 4.18. The molecule has 0 aliphatic carbocycles. The summed E-state index contributed by atoms with van der Waals surface area (Å²) in [6, 6.07) is 7.52. The minimum absolute atomic E-state index is 0.0607. The van der Waals surface area contributed by atoms with E-state index >= 15 is 0 Å². The molecule has 0 bridgehead atoms. The van der Waals surface area contributed by atoms with Gasteiger partial charge in [-0.3, -0.25) is 4.79 Å². The van der Waals surface area contributed by atoms with Gasteiger partial charge in [0.25, 0.3) is 0 Å². The zero-order valence-electron chi connectivity index (χ0n) is 10.9. The Morgan fingerprint density at radius 1 is 1.44 bits per heavy atom. The van der Waals surface area contributed by atoms with Gasteiger partial charge in [-0.25, -0.2) is 4.99 Å². The minimum atomic E-state index is -0.241. The van der Waals surface area contributed by atoms with E-state index in [0.717, 1.165) is 11.3 Å². The van der Waals surface area contributed by atoms with Gasteiger partial charge in [-0.15, -0.1) is 0 Å². The molecule has 0 aromatic heterocycles. The summed E-state index contributed by atoms with van der Waals surface area (Å²) in [5.74, 6) is 0.275. The number of hydrogen-bond donors (Lipinski definition) is 2. The number of carbonyl (C=O) groups is 1. The Balaban J connectivity index is 2.81. The van der Waals surface area contributed by atoms with Crippen molar-refractivity contribution in [2.75, 3.05) is 14.2 Å². The summed E-state index contributed by atoms with van der Waals surface area (Å²) in [7, 11) is 3.20. The maximum Gasteiger partial charge on any atom is 0.307 e. The van der Waals surface area contributed by atoms with Crippen molar-refractivity contribution >= 4 is 17.5 Å².